The SMILES string of the molecule is c1ccc2c(c1)Oc1ccccc1C21c2ccccc2-c2ccc(Nc3cccc4c3sc3ccccc34)cc21. The zero-order chi connectivity index (χ0) is 26.3. The van der Waals surface area contributed by atoms with Gasteiger partial charge >= 0.3 is 0 Å². The van der Waals surface area contributed by atoms with Crippen LogP contribution in [-0.2, 0) is 5.41 Å². The van der Waals surface area contributed by atoms with E-state index in [0.29, 0.717) is 0 Å². The van der Waals surface area contributed by atoms with Crippen molar-refractivity contribution in [3.8, 4) is 22.6 Å². The molecule has 9 rings (SSSR count). The minimum Gasteiger partial charge on any atom is -0.457 e. The molecule has 188 valence electrons. The van der Waals surface area contributed by atoms with E-state index in [-0.39, 0.29) is 0 Å². The molecule has 0 saturated heterocycles. The molecule has 1 aliphatic carbocycles. The van der Waals surface area contributed by atoms with Crippen LogP contribution in [0.2, 0.25) is 0 Å². The Labute approximate surface area is 236 Å². The maximum atomic E-state index is 6.48. The van der Waals surface area contributed by atoms with E-state index in [1.54, 1.807) is 0 Å². The smallest absolute Gasteiger partial charge is 0.132 e. The lowest BCUT2D eigenvalue weighted by atomic mass is 9.66. The highest BCUT2D eigenvalue weighted by atomic mass is 32.1. The molecule has 2 nitrogen and oxygen atoms in total. The third-order valence-corrected chi connectivity index (χ3v) is 9.75. The highest BCUT2D eigenvalue weighted by Crippen LogP contribution is 2.62. The summed E-state index contributed by atoms with van der Waals surface area (Å²) in [4.78, 5) is 0. The second-order valence-corrected chi connectivity index (χ2v) is 11.6. The molecule has 0 fully saturated rings. The van der Waals surface area contributed by atoms with Crippen molar-refractivity contribution in [1.82, 2.24) is 0 Å². The van der Waals surface area contributed by atoms with Crippen LogP contribution in [0.15, 0.2) is 133 Å². The van der Waals surface area contributed by atoms with Gasteiger partial charge in [-0.25, -0.2) is 0 Å². The van der Waals surface area contributed by atoms with Crippen LogP contribution < -0.4 is 10.1 Å². The van der Waals surface area contributed by atoms with Crippen molar-refractivity contribution in [2.24, 2.45) is 0 Å². The number of ether oxygens (including phenoxy) is 1. The van der Waals surface area contributed by atoms with Crippen LogP contribution in [0.4, 0.5) is 11.4 Å². The lowest BCUT2D eigenvalue weighted by molar-refractivity contribution is 0.436. The summed E-state index contributed by atoms with van der Waals surface area (Å²) in [5.74, 6) is 1.83. The maximum Gasteiger partial charge on any atom is 0.132 e. The lowest BCUT2D eigenvalue weighted by Gasteiger charge is -2.39. The monoisotopic (exact) mass is 529 g/mol. The van der Waals surface area contributed by atoms with E-state index in [9.17, 15) is 0 Å². The van der Waals surface area contributed by atoms with Crippen molar-refractivity contribution >= 4 is 42.9 Å². The van der Waals surface area contributed by atoms with Crippen LogP contribution in [0.5, 0.6) is 11.5 Å². The van der Waals surface area contributed by atoms with Gasteiger partial charge in [-0.1, -0.05) is 97.1 Å². The second kappa shape index (κ2) is 8.08. The summed E-state index contributed by atoms with van der Waals surface area (Å²) in [6.07, 6.45) is 0. The number of thiophene rings is 1. The van der Waals surface area contributed by atoms with E-state index in [1.807, 2.05) is 11.3 Å². The quantitative estimate of drug-likeness (QED) is 0.240. The second-order valence-electron chi connectivity index (χ2n) is 10.6. The molecule has 1 spiro atoms. The van der Waals surface area contributed by atoms with Crippen LogP contribution in [0.3, 0.4) is 0 Å². The molecule has 3 heteroatoms. The van der Waals surface area contributed by atoms with Gasteiger partial charge < -0.3 is 10.1 Å². The van der Waals surface area contributed by atoms with Crippen LogP contribution in [0, 0.1) is 0 Å². The van der Waals surface area contributed by atoms with Crippen LogP contribution >= 0.6 is 11.3 Å². The van der Waals surface area contributed by atoms with Gasteiger partial charge in [0.05, 0.1) is 15.8 Å². The van der Waals surface area contributed by atoms with Gasteiger partial charge in [0, 0.05) is 32.3 Å². The Morgan fingerprint density at radius 1 is 0.525 bits per heavy atom. The van der Waals surface area contributed by atoms with Crippen molar-refractivity contribution in [2.45, 2.75) is 5.41 Å². The van der Waals surface area contributed by atoms with Crippen LogP contribution in [0.25, 0.3) is 31.3 Å². The molecule has 1 N–H and O–H groups in total. The molecule has 0 amide bonds. The lowest BCUT2D eigenvalue weighted by Crippen LogP contribution is -2.32. The topological polar surface area (TPSA) is 21.3 Å². The third-order valence-electron chi connectivity index (χ3n) is 8.53. The van der Waals surface area contributed by atoms with Crippen molar-refractivity contribution in [1.29, 1.82) is 0 Å². The molecular weight excluding hydrogens is 506 g/mol. The van der Waals surface area contributed by atoms with Crippen molar-refractivity contribution in [2.75, 3.05) is 5.32 Å². The van der Waals surface area contributed by atoms with E-state index in [0.717, 1.165) is 22.9 Å². The minimum atomic E-state index is -0.460. The van der Waals surface area contributed by atoms with Crippen molar-refractivity contribution in [3.05, 3.63) is 156 Å². The van der Waals surface area contributed by atoms with E-state index >= 15 is 0 Å². The van der Waals surface area contributed by atoms with E-state index in [2.05, 4.69) is 139 Å². The molecule has 0 unspecified atom stereocenters. The Hall–Kier alpha value is -4.86. The van der Waals surface area contributed by atoms with E-state index < -0.39 is 5.41 Å². The summed E-state index contributed by atoms with van der Waals surface area (Å²) in [5.41, 5.74) is 9.26. The first-order valence-corrected chi connectivity index (χ1v) is 14.4. The van der Waals surface area contributed by atoms with Gasteiger partial charge in [-0.05, 0) is 58.7 Å². The molecule has 7 aromatic rings. The number of anilines is 2. The summed E-state index contributed by atoms with van der Waals surface area (Å²) in [6, 6.07) is 48.0. The Kier molecular flexibility index (Phi) is 4.44. The first kappa shape index (κ1) is 22.0. The molecular formula is C37H23NOS. The summed E-state index contributed by atoms with van der Waals surface area (Å²) in [6.45, 7) is 0. The fourth-order valence-electron chi connectivity index (χ4n) is 6.93. The van der Waals surface area contributed by atoms with Gasteiger partial charge in [-0.2, -0.15) is 0 Å². The normalized spacial score (nSPS) is 13.9. The van der Waals surface area contributed by atoms with Crippen LogP contribution in [0.1, 0.15) is 22.3 Å². The predicted molar refractivity (Wildman–Crippen MR) is 166 cm³/mol. The molecule has 40 heavy (non-hydrogen) atoms. The summed E-state index contributed by atoms with van der Waals surface area (Å²) >= 11 is 1.85. The number of hydrogen-bond donors (Lipinski definition) is 1. The molecule has 0 saturated carbocycles. The highest BCUT2D eigenvalue weighted by molar-refractivity contribution is 7.26. The predicted octanol–water partition coefficient (Wildman–Crippen LogP) is 10.3. The average molecular weight is 530 g/mol. The minimum absolute atomic E-state index is 0.460. The van der Waals surface area contributed by atoms with Gasteiger partial charge in [0.15, 0.2) is 0 Å². The average Bonchev–Trinajstić information content (AvgIpc) is 3.52. The first-order chi connectivity index (χ1) is 19.8. The number of benzene rings is 6. The Bertz CT molecular complexity index is 2090. The van der Waals surface area contributed by atoms with E-state index in [4.69, 9.17) is 4.74 Å². The number of hydrogen-bond acceptors (Lipinski definition) is 3. The molecule has 2 heterocycles. The van der Waals surface area contributed by atoms with Gasteiger partial charge in [-0.3, -0.25) is 0 Å². The van der Waals surface area contributed by atoms with Crippen molar-refractivity contribution in [3.63, 3.8) is 0 Å². The Balaban J connectivity index is 1.29. The van der Waals surface area contributed by atoms with Crippen molar-refractivity contribution < 1.29 is 4.74 Å². The fourth-order valence-corrected chi connectivity index (χ4v) is 8.10. The summed E-state index contributed by atoms with van der Waals surface area (Å²) < 4.78 is 9.07. The zero-order valence-electron chi connectivity index (χ0n) is 21.5. The molecule has 0 radical (unpaired) electrons. The van der Waals surface area contributed by atoms with Gasteiger partial charge in [0.25, 0.3) is 0 Å². The molecule has 6 aromatic carbocycles. The van der Waals surface area contributed by atoms with E-state index in [1.165, 1.54) is 53.6 Å². The largest absolute Gasteiger partial charge is 0.457 e. The number of rotatable bonds is 2. The Morgan fingerprint density at radius 2 is 1.18 bits per heavy atom. The zero-order valence-corrected chi connectivity index (χ0v) is 22.3. The number of para-hydroxylation sites is 2. The molecule has 0 atom stereocenters. The fraction of sp³-hybridized carbons (Fsp3) is 0.0270. The molecule has 1 aromatic heterocycles. The highest BCUT2D eigenvalue weighted by Gasteiger charge is 2.50. The number of nitrogens with one attached hydrogen (secondary N) is 1. The molecule has 2 aliphatic rings. The maximum absolute atomic E-state index is 6.48. The standard InChI is InChI=1S/C37H23NOS/c1-3-13-28-24(10-1)25-21-20-23(38-32-16-9-12-27-26-11-2-8-19-35(26)40-36(27)32)22-31(25)37(28)29-14-4-6-17-33(29)39-34-18-7-5-15-30(34)37/h1-22,38H. The Morgan fingerprint density at radius 3 is 2.00 bits per heavy atom. The summed E-state index contributed by atoms with van der Waals surface area (Å²) in [7, 11) is 0. The third kappa shape index (κ3) is 2.82. The molecule has 0 bridgehead atoms. The van der Waals surface area contributed by atoms with Gasteiger partial charge in [0.1, 0.15) is 11.5 Å². The number of fused-ring (bicyclic) bond motifs is 12. The first-order valence-electron chi connectivity index (χ1n) is 13.6. The summed E-state index contributed by atoms with van der Waals surface area (Å²) in [5, 5.41) is 6.42. The van der Waals surface area contributed by atoms with Gasteiger partial charge in [0.2, 0.25) is 0 Å². The van der Waals surface area contributed by atoms with Crippen LogP contribution in [-0.4, -0.2) is 0 Å². The molecule has 1 aliphatic heterocycles. The van der Waals surface area contributed by atoms with Gasteiger partial charge in [-0.15, -0.1) is 11.3 Å².